The lowest BCUT2D eigenvalue weighted by Gasteiger charge is -2.45. The molecule has 2 aliphatic heterocycles. The minimum atomic E-state index is -0.327. The molecule has 113 heavy (non-hydrogen) atoms. The van der Waals surface area contributed by atoms with Gasteiger partial charge in [-0.05, 0) is 227 Å². The van der Waals surface area contributed by atoms with E-state index in [1.165, 1.54) is 143 Å². The molecule has 0 unspecified atom stereocenters. The first-order valence-electron chi connectivity index (χ1n) is 41.0. The molecule has 6 heterocycles. The molecule has 17 aromatic rings. The van der Waals surface area contributed by atoms with Crippen LogP contribution in [0.15, 0.2) is 255 Å². The summed E-state index contributed by atoms with van der Waals surface area (Å²) in [6, 6.07) is 100. The van der Waals surface area contributed by atoms with Crippen LogP contribution in [0.25, 0.3) is 110 Å². The van der Waals surface area contributed by atoms with Crippen LogP contribution in [0.1, 0.15) is 184 Å². The van der Waals surface area contributed by atoms with E-state index in [0.717, 1.165) is 56.5 Å². The highest BCUT2D eigenvalue weighted by atomic mass is 15.2. The van der Waals surface area contributed by atoms with Crippen molar-refractivity contribution in [2.24, 2.45) is 0 Å². The lowest BCUT2D eigenvalue weighted by molar-refractivity contribution is 0.589. The summed E-state index contributed by atoms with van der Waals surface area (Å²) < 4.78 is 10.3. The lowest BCUT2D eigenvalue weighted by Crippen LogP contribution is -2.61. The maximum Gasteiger partial charge on any atom is 0.252 e. The van der Waals surface area contributed by atoms with E-state index in [0.29, 0.717) is 0 Å². The largest absolute Gasteiger partial charge is 0.309 e. The van der Waals surface area contributed by atoms with Crippen LogP contribution in [0.2, 0.25) is 0 Å². The Morgan fingerprint density at radius 3 is 0.823 bits per heavy atom. The van der Waals surface area contributed by atoms with E-state index < -0.39 is 0 Å². The molecule has 0 atom stereocenters. The molecule has 0 radical (unpaired) electrons. The quantitative estimate of drug-likeness (QED) is 0.155. The van der Waals surface area contributed by atoms with Gasteiger partial charge in [0.1, 0.15) is 0 Å². The molecule has 0 bridgehead atoms. The first-order chi connectivity index (χ1) is 53.5. The second-order valence-corrected chi connectivity index (χ2v) is 40.0. The summed E-state index contributed by atoms with van der Waals surface area (Å²) in [7, 11) is 0. The Kier molecular flexibility index (Phi) is 15.7. The number of nitrogens with zero attached hydrogens (tertiary/aromatic N) is 6. The molecule has 0 fully saturated rings. The fourth-order valence-corrected chi connectivity index (χ4v) is 18.8. The maximum atomic E-state index is 2.72. The molecule has 13 aromatic carbocycles. The van der Waals surface area contributed by atoms with Crippen molar-refractivity contribution in [3.05, 3.63) is 294 Å². The lowest BCUT2D eigenvalue weighted by atomic mass is 9.33. The summed E-state index contributed by atoms with van der Waals surface area (Å²) >= 11 is 0. The average Bonchev–Trinajstić information content (AvgIpc) is 1.52. The van der Waals surface area contributed by atoms with Crippen molar-refractivity contribution in [2.75, 3.05) is 9.80 Å². The Morgan fingerprint density at radius 1 is 0.195 bits per heavy atom. The number of fused-ring (bicyclic) bond motifs is 16. The molecule has 562 valence electrons. The van der Waals surface area contributed by atoms with Crippen LogP contribution in [0.5, 0.6) is 0 Å². The fraction of sp³-hybridized carbons (Fsp3) is 0.264. The smallest absolute Gasteiger partial charge is 0.252 e. The van der Waals surface area contributed by atoms with Gasteiger partial charge in [0.05, 0.1) is 55.5 Å². The predicted octanol–water partition coefficient (Wildman–Crippen LogP) is 27.2. The Morgan fingerprint density at radius 2 is 0.487 bits per heavy atom. The Bertz CT molecular complexity index is 6320. The van der Waals surface area contributed by atoms with Crippen LogP contribution < -0.4 is 26.2 Å². The standard InChI is InChI=1S/C106H105BN6/c1-100(2,3)64-30-26-32-71(54-64)110-85-38-24-22-34-75(85)77-36-28-40-91(98(77)110)112-93-62-73(108-87-50-42-66(102(7,8)9)56-79(87)80-57-67(103(10,11)12)43-51-88(80)108)46-48-83(93)107-84-49-47-74(109-89-52-44-68(104(13,14)15)58-81(89)82-59-69(105(16,17)18)45-53-90(82)109)63-94(84)113(96-61-70(106(19,20)21)60-95(112)97(96)107)92-41-29-37-78-76-35-23-25-39-86(76)111(99(78)92)72-33-27-31-65(55-72)101(4,5)6/h22-63H,1-21H3. The number of anilines is 6. The minimum absolute atomic E-state index is 0.0579. The third-order valence-electron chi connectivity index (χ3n) is 25.2. The van der Waals surface area contributed by atoms with Gasteiger partial charge in [0.25, 0.3) is 6.71 Å². The van der Waals surface area contributed by atoms with E-state index >= 15 is 0 Å². The van der Waals surface area contributed by atoms with Crippen LogP contribution in [-0.2, 0) is 37.9 Å². The van der Waals surface area contributed by atoms with Crippen molar-refractivity contribution in [1.82, 2.24) is 18.3 Å². The molecule has 0 saturated carbocycles. The SMILES string of the molecule is CC(C)(C)c1cccc(-n2c3ccccc3c3cccc(N4c5cc(-n6c7ccc(C(C)(C)C)cc7c7cc(C(C)(C)C)ccc76)ccc5B5c6ccc(-n7c8ccc(C(C)(C)C)cc8c8cc(C(C)(C)C)ccc87)cc6N(c6cccc7c8ccccc8n(-c8cccc(C(C)(C)C)c8)c67)c6cc(C(C)(C)C)cc4c65)c32)c1. The molecule has 0 N–H and O–H groups in total. The van der Waals surface area contributed by atoms with Gasteiger partial charge < -0.3 is 28.1 Å². The molecule has 2 aliphatic rings. The van der Waals surface area contributed by atoms with E-state index in [1.807, 2.05) is 0 Å². The van der Waals surface area contributed by atoms with Crippen molar-refractivity contribution in [2.45, 2.75) is 183 Å². The highest BCUT2D eigenvalue weighted by Crippen LogP contribution is 2.53. The topological polar surface area (TPSA) is 26.2 Å². The molecule has 7 heteroatoms. The van der Waals surface area contributed by atoms with Crippen molar-refractivity contribution >= 4 is 144 Å². The van der Waals surface area contributed by atoms with Gasteiger partial charge in [-0.2, -0.15) is 0 Å². The molecule has 4 aromatic heterocycles. The summed E-state index contributed by atoms with van der Waals surface area (Å²) in [6.45, 7) is 49.1. The molecule has 0 spiro atoms. The van der Waals surface area contributed by atoms with Gasteiger partial charge in [-0.25, -0.2) is 0 Å². The van der Waals surface area contributed by atoms with Crippen LogP contribution in [0.4, 0.5) is 34.1 Å². The Labute approximate surface area is 668 Å². The zero-order chi connectivity index (χ0) is 79.0. The van der Waals surface area contributed by atoms with Gasteiger partial charge in [-0.1, -0.05) is 267 Å². The molecule has 0 saturated heterocycles. The highest BCUT2D eigenvalue weighted by Gasteiger charge is 2.46. The molecular weight excluding hydrogens is 1370 g/mol. The molecule has 19 rings (SSSR count). The number of aromatic nitrogens is 4. The summed E-state index contributed by atoms with van der Waals surface area (Å²) in [5, 5.41) is 9.92. The van der Waals surface area contributed by atoms with Gasteiger partial charge in [0.15, 0.2) is 0 Å². The Balaban J connectivity index is 0.975. The monoisotopic (exact) mass is 1470 g/mol. The summed E-state index contributed by atoms with van der Waals surface area (Å²) in [5.41, 5.74) is 32.9. The van der Waals surface area contributed by atoms with E-state index in [4.69, 9.17) is 0 Å². The van der Waals surface area contributed by atoms with Gasteiger partial charge in [0.2, 0.25) is 0 Å². The number of rotatable bonds is 6. The van der Waals surface area contributed by atoms with Crippen LogP contribution in [-0.4, -0.2) is 25.0 Å². The number of para-hydroxylation sites is 4. The molecule has 0 amide bonds. The molecule has 6 nitrogen and oxygen atoms in total. The second-order valence-electron chi connectivity index (χ2n) is 40.0. The second kappa shape index (κ2) is 24.6. The van der Waals surface area contributed by atoms with E-state index in [9.17, 15) is 0 Å². The number of benzene rings is 13. The first-order valence-corrected chi connectivity index (χ1v) is 41.0. The fourth-order valence-electron chi connectivity index (χ4n) is 18.8. The van der Waals surface area contributed by atoms with Crippen molar-refractivity contribution < 1.29 is 0 Å². The van der Waals surface area contributed by atoms with Crippen LogP contribution in [0.3, 0.4) is 0 Å². The van der Waals surface area contributed by atoms with Gasteiger partial charge in [0, 0.05) is 88.6 Å². The van der Waals surface area contributed by atoms with E-state index in [-0.39, 0.29) is 44.6 Å². The van der Waals surface area contributed by atoms with Gasteiger partial charge >= 0.3 is 0 Å². The Hall–Kier alpha value is -11.3. The van der Waals surface area contributed by atoms with Gasteiger partial charge in [-0.15, -0.1) is 0 Å². The number of hydrogen-bond donors (Lipinski definition) is 0. The summed E-state index contributed by atoms with van der Waals surface area (Å²) in [4.78, 5) is 5.45. The third kappa shape index (κ3) is 11.3. The highest BCUT2D eigenvalue weighted by molar-refractivity contribution is 7.00. The normalized spacial score (nSPS) is 13.8. The average molecular weight is 1470 g/mol. The minimum Gasteiger partial charge on any atom is -0.309 e. The zero-order valence-electron chi connectivity index (χ0n) is 70.0. The first kappa shape index (κ1) is 72.0. The van der Waals surface area contributed by atoms with Crippen molar-refractivity contribution in [3.8, 4) is 22.7 Å². The van der Waals surface area contributed by atoms with Gasteiger partial charge in [-0.3, -0.25) is 0 Å². The number of hydrogen-bond acceptors (Lipinski definition) is 2. The summed E-state index contributed by atoms with van der Waals surface area (Å²) in [5.74, 6) is 0. The van der Waals surface area contributed by atoms with E-state index in [2.05, 4.69) is 428 Å². The molecular formula is C106H105BN6. The van der Waals surface area contributed by atoms with Crippen molar-refractivity contribution in [1.29, 1.82) is 0 Å². The van der Waals surface area contributed by atoms with Crippen LogP contribution in [0, 0.1) is 0 Å². The zero-order valence-corrected chi connectivity index (χ0v) is 70.0. The van der Waals surface area contributed by atoms with Crippen LogP contribution >= 0.6 is 0 Å². The third-order valence-corrected chi connectivity index (χ3v) is 25.2. The predicted molar refractivity (Wildman–Crippen MR) is 489 cm³/mol. The molecule has 0 aliphatic carbocycles. The summed E-state index contributed by atoms with van der Waals surface area (Å²) in [6.07, 6.45) is 0. The van der Waals surface area contributed by atoms with E-state index in [1.54, 1.807) is 0 Å². The maximum absolute atomic E-state index is 2.72. The van der Waals surface area contributed by atoms with Crippen molar-refractivity contribution in [3.63, 3.8) is 0 Å².